The lowest BCUT2D eigenvalue weighted by Gasteiger charge is -2.06. The minimum absolute atomic E-state index is 0.0271. The normalized spacial score (nSPS) is 13.5. The highest BCUT2D eigenvalue weighted by atomic mass is 16.2. The van der Waals surface area contributed by atoms with Gasteiger partial charge in [-0.25, -0.2) is 9.67 Å². The molecule has 0 atom stereocenters. The number of amides is 2. The summed E-state index contributed by atoms with van der Waals surface area (Å²) in [5.41, 5.74) is 2.26. The van der Waals surface area contributed by atoms with Gasteiger partial charge in [-0.1, -0.05) is 30.3 Å². The molecule has 0 unspecified atom stereocenters. The van der Waals surface area contributed by atoms with E-state index in [-0.39, 0.29) is 24.4 Å². The van der Waals surface area contributed by atoms with Gasteiger partial charge in [-0.2, -0.15) is 5.10 Å². The third kappa shape index (κ3) is 3.72. The summed E-state index contributed by atoms with van der Waals surface area (Å²) in [7, 11) is 0. The number of carbonyl (C=O) groups is 2. The van der Waals surface area contributed by atoms with Crippen molar-refractivity contribution in [2.75, 3.05) is 6.54 Å². The third-order valence-electron chi connectivity index (χ3n) is 4.27. The predicted molar refractivity (Wildman–Crippen MR) is 96.6 cm³/mol. The number of rotatable bonds is 6. The molecule has 0 bridgehead atoms. The Hall–Kier alpha value is -3.22. The van der Waals surface area contributed by atoms with E-state index in [9.17, 15) is 9.59 Å². The lowest BCUT2D eigenvalue weighted by atomic mass is 10.2. The van der Waals surface area contributed by atoms with E-state index in [2.05, 4.69) is 20.7 Å². The number of fused-ring (bicyclic) bond motifs is 1. The van der Waals surface area contributed by atoms with E-state index in [1.807, 2.05) is 30.3 Å². The van der Waals surface area contributed by atoms with E-state index in [0.717, 1.165) is 29.4 Å². The van der Waals surface area contributed by atoms with Crippen LogP contribution >= 0.6 is 0 Å². The largest absolute Gasteiger partial charge is 0.352 e. The molecule has 132 valence electrons. The second-order valence-corrected chi connectivity index (χ2v) is 6.45. The maximum Gasteiger partial charge on any atom is 0.253 e. The molecule has 0 aliphatic heterocycles. The highest BCUT2D eigenvalue weighted by molar-refractivity contribution is 5.98. The summed E-state index contributed by atoms with van der Waals surface area (Å²) in [5, 5.41) is 10.6. The fraction of sp³-hybridized carbons (Fsp3) is 0.263. The van der Waals surface area contributed by atoms with Gasteiger partial charge >= 0.3 is 0 Å². The van der Waals surface area contributed by atoms with Crippen LogP contribution in [0.3, 0.4) is 0 Å². The molecule has 4 rings (SSSR count). The van der Waals surface area contributed by atoms with Crippen molar-refractivity contribution in [2.45, 2.75) is 25.4 Å². The van der Waals surface area contributed by atoms with Crippen LogP contribution in [0.4, 0.5) is 0 Å². The standard InChI is InChI=1S/C19H19N5O2/c25-17(23-16-6-7-16)11-21-19(26)15-8-14-10-22-24(18(14)20-9-15)12-13-4-2-1-3-5-13/h1-5,8-10,16H,6-7,11-12H2,(H,21,26)(H,23,25). The number of aromatic nitrogens is 3. The van der Waals surface area contributed by atoms with Crippen LogP contribution in [-0.2, 0) is 11.3 Å². The second kappa shape index (κ2) is 6.95. The minimum atomic E-state index is -0.318. The van der Waals surface area contributed by atoms with Crippen LogP contribution in [-0.4, -0.2) is 39.2 Å². The Morgan fingerprint density at radius 3 is 2.73 bits per heavy atom. The van der Waals surface area contributed by atoms with Gasteiger partial charge in [0.1, 0.15) is 0 Å². The fourth-order valence-electron chi connectivity index (χ4n) is 2.74. The van der Waals surface area contributed by atoms with Gasteiger partial charge < -0.3 is 10.6 Å². The quantitative estimate of drug-likeness (QED) is 0.706. The maximum atomic E-state index is 12.2. The molecule has 0 spiro atoms. The third-order valence-corrected chi connectivity index (χ3v) is 4.27. The Bertz CT molecular complexity index is 947. The highest BCUT2D eigenvalue weighted by Crippen LogP contribution is 2.18. The summed E-state index contributed by atoms with van der Waals surface area (Å²) in [4.78, 5) is 28.3. The van der Waals surface area contributed by atoms with Gasteiger partial charge in [-0.05, 0) is 24.5 Å². The van der Waals surface area contributed by atoms with Gasteiger partial charge in [0, 0.05) is 17.6 Å². The van der Waals surface area contributed by atoms with Crippen molar-refractivity contribution in [1.29, 1.82) is 0 Å². The number of benzene rings is 1. The summed E-state index contributed by atoms with van der Waals surface area (Å²) in [5.74, 6) is -0.480. The molecule has 1 aliphatic rings. The van der Waals surface area contributed by atoms with Crippen LogP contribution in [0.5, 0.6) is 0 Å². The average Bonchev–Trinajstić information content (AvgIpc) is 3.39. The number of carbonyl (C=O) groups excluding carboxylic acids is 2. The number of hydrogen-bond donors (Lipinski definition) is 2. The fourth-order valence-corrected chi connectivity index (χ4v) is 2.74. The number of nitrogens with one attached hydrogen (secondary N) is 2. The molecule has 0 radical (unpaired) electrons. The van der Waals surface area contributed by atoms with Crippen LogP contribution in [0.1, 0.15) is 28.8 Å². The number of pyridine rings is 1. The van der Waals surface area contributed by atoms with Crippen molar-refractivity contribution in [1.82, 2.24) is 25.4 Å². The summed E-state index contributed by atoms with van der Waals surface area (Å²) in [6.07, 6.45) is 5.25. The molecule has 3 aromatic rings. The first kappa shape index (κ1) is 16.3. The van der Waals surface area contributed by atoms with Crippen LogP contribution in [0, 0.1) is 0 Å². The lowest BCUT2D eigenvalue weighted by Crippen LogP contribution is -2.37. The zero-order chi connectivity index (χ0) is 17.9. The first-order valence-electron chi connectivity index (χ1n) is 8.62. The Morgan fingerprint density at radius 1 is 1.15 bits per heavy atom. The highest BCUT2D eigenvalue weighted by Gasteiger charge is 2.23. The summed E-state index contributed by atoms with van der Waals surface area (Å²) < 4.78 is 1.80. The van der Waals surface area contributed by atoms with Crippen LogP contribution < -0.4 is 10.6 Å². The minimum Gasteiger partial charge on any atom is -0.352 e. The summed E-state index contributed by atoms with van der Waals surface area (Å²) >= 11 is 0. The van der Waals surface area contributed by atoms with Crippen LogP contribution in [0.2, 0.25) is 0 Å². The Labute approximate surface area is 150 Å². The van der Waals surface area contributed by atoms with Crippen LogP contribution in [0.15, 0.2) is 48.8 Å². The van der Waals surface area contributed by atoms with Crippen molar-refractivity contribution >= 4 is 22.8 Å². The lowest BCUT2D eigenvalue weighted by molar-refractivity contribution is -0.120. The van der Waals surface area contributed by atoms with Crippen LogP contribution in [0.25, 0.3) is 11.0 Å². The Balaban J connectivity index is 1.44. The van der Waals surface area contributed by atoms with Crippen molar-refractivity contribution < 1.29 is 9.59 Å². The van der Waals surface area contributed by atoms with Gasteiger partial charge in [-0.3, -0.25) is 9.59 Å². The molecule has 1 aromatic carbocycles. The summed E-state index contributed by atoms with van der Waals surface area (Å²) in [6, 6.07) is 12.0. The van der Waals surface area contributed by atoms with E-state index >= 15 is 0 Å². The number of nitrogens with zero attached hydrogens (tertiary/aromatic N) is 3. The zero-order valence-electron chi connectivity index (χ0n) is 14.2. The first-order chi connectivity index (χ1) is 12.7. The summed E-state index contributed by atoms with van der Waals surface area (Å²) in [6.45, 7) is 0.588. The van der Waals surface area contributed by atoms with Crippen molar-refractivity contribution in [3.63, 3.8) is 0 Å². The average molecular weight is 349 g/mol. The van der Waals surface area contributed by atoms with Gasteiger partial charge in [-0.15, -0.1) is 0 Å². The Morgan fingerprint density at radius 2 is 1.96 bits per heavy atom. The molecule has 2 N–H and O–H groups in total. The van der Waals surface area contributed by atoms with E-state index < -0.39 is 0 Å². The molecular weight excluding hydrogens is 330 g/mol. The molecular formula is C19H19N5O2. The molecule has 1 saturated carbocycles. The number of hydrogen-bond acceptors (Lipinski definition) is 4. The molecule has 7 nitrogen and oxygen atoms in total. The van der Waals surface area contributed by atoms with Crippen molar-refractivity contribution in [2.24, 2.45) is 0 Å². The molecule has 2 amide bonds. The van der Waals surface area contributed by atoms with Crippen molar-refractivity contribution in [3.8, 4) is 0 Å². The topological polar surface area (TPSA) is 88.9 Å². The second-order valence-electron chi connectivity index (χ2n) is 6.45. The first-order valence-corrected chi connectivity index (χ1v) is 8.62. The van der Waals surface area contributed by atoms with Gasteiger partial charge in [0.2, 0.25) is 5.91 Å². The molecule has 1 fully saturated rings. The molecule has 26 heavy (non-hydrogen) atoms. The molecule has 0 saturated heterocycles. The van der Waals surface area contributed by atoms with E-state index in [1.165, 1.54) is 6.20 Å². The molecule has 1 aliphatic carbocycles. The SMILES string of the molecule is O=C(CNC(=O)c1cnc2c(cnn2Cc2ccccc2)c1)NC1CC1. The van der Waals surface area contributed by atoms with E-state index in [0.29, 0.717) is 12.1 Å². The smallest absolute Gasteiger partial charge is 0.253 e. The van der Waals surface area contributed by atoms with Crippen molar-refractivity contribution in [3.05, 3.63) is 59.9 Å². The van der Waals surface area contributed by atoms with E-state index in [1.54, 1.807) is 16.9 Å². The van der Waals surface area contributed by atoms with Gasteiger partial charge in [0.05, 0.1) is 24.8 Å². The monoisotopic (exact) mass is 349 g/mol. The molecule has 2 aromatic heterocycles. The van der Waals surface area contributed by atoms with E-state index in [4.69, 9.17) is 0 Å². The molecule has 2 heterocycles. The molecule has 7 heteroatoms. The maximum absolute atomic E-state index is 12.2. The predicted octanol–water partition coefficient (Wildman–Crippen LogP) is 1.49. The van der Waals surface area contributed by atoms with Gasteiger partial charge in [0.15, 0.2) is 5.65 Å². The van der Waals surface area contributed by atoms with Gasteiger partial charge in [0.25, 0.3) is 5.91 Å². The Kier molecular flexibility index (Phi) is 4.35. The zero-order valence-corrected chi connectivity index (χ0v) is 14.2.